The fourth-order valence-corrected chi connectivity index (χ4v) is 2.68. The molecule has 0 saturated carbocycles. The molecule has 0 aromatic rings. The number of nitrogens with one attached hydrogen (secondary N) is 1. The van der Waals surface area contributed by atoms with E-state index in [9.17, 15) is 9.59 Å². The van der Waals surface area contributed by atoms with Crippen LogP contribution < -0.4 is 5.32 Å². The minimum absolute atomic E-state index is 0.0811. The molecule has 6 heteroatoms. The van der Waals surface area contributed by atoms with Gasteiger partial charge >= 0.3 is 0 Å². The quantitative estimate of drug-likeness (QED) is 0.343. The second-order valence-corrected chi connectivity index (χ2v) is 6.56. The number of rotatable bonds is 17. The average Bonchev–Trinajstić information content (AvgIpc) is 2.64. The van der Waals surface area contributed by atoms with Crippen LogP contribution in [0.3, 0.4) is 0 Å². The van der Waals surface area contributed by atoms with E-state index in [4.69, 9.17) is 10.2 Å². The van der Waals surface area contributed by atoms with E-state index in [2.05, 4.69) is 12.2 Å². The molecule has 0 rings (SSSR count). The number of nitrogens with zero attached hydrogens (tertiary/aromatic N) is 1. The van der Waals surface area contributed by atoms with Crippen molar-refractivity contribution in [3.8, 4) is 0 Å². The first kappa shape index (κ1) is 24.6. The molecule has 0 saturated heterocycles. The number of carbonyl (C=O) groups is 2. The summed E-state index contributed by atoms with van der Waals surface area (Å²) in [5.74, 6) is -0.426. The van der Waals surface area contributed by atoms with Gasteiger partial charge in [0.1, 0.15) is 0 Å². The lowest BCUT2D eigenvalue weighted by molar-refractivity contribution is -0.134. The van der Waals surface area contributed by atoms with Gasteiger partial charge in [-0.2, -0.15) is 0 Å². The van der Waals surface area contributed by atoms with Gasteiger partial charge in [0.15, 0.2) is 0 Å². The van der Waals surface area contributed by atoms with Crippen LogP contribution in [0.4, 0.5) is 0 Å². The van der Waals surface area contributed by atoms with Crippen LogP contribution in [0.2, 0.25) is 0 Å². The Morgan fingerprint density at radius 3 is 2.04 bits per heavy atom. The normalized spacial score (nSPS) is 11.0. The van der Waals surface area contributed by atoms with Gasteiger partial charge in [-0.3, -0.25) is 9.59 Å². The molecule has 0 aliphatic heterocycles. The van der Waals surface area contributed by atoms with E-state index in [0.717, 1.165) is 12.8 Å². The molecular formula is C20H38N2O4. The van der Waals surface area contributed by atoms with Gasteiger partial charge in [0, 0.05) is 25.9 Å². The second-order valence-electron chi connectivity index (χ2n) is 6.56. The van der Waals surface area contributed by atoms with Gasteiger partial charge in [-0.15, -0.1) is 0 Å². The predicted molar refractivity (Wildman–Crippen MR) is 104 cm³/mol. The number of aliphatic hydroxyl groups is 2. The zero-order valence-electron chi connectivity index (χ0n) is 16.4. The van der Waals surface area contributed by atoms with Crippen molar-refractivity contribution in [3.05, 3.63) is 12.3 Å². The molecule has 3 N–H and O–H groups in total. The minimum atomic E-state index is -0.230. The van der Waals surface area contributed by atoms with Crippen molar-refractivity contribution in [1.29, 1.82) is 0 Å². The number of aliphatic hydroxyl groups excluding tert-OH is 2. The standard InChI is InChI=1S/C20H38N2O4/c1-2-3-4-5-6-7-8-9-10-11-14-21-19(25)12-13-20(26)22(15-17-23)16-18-24/h11,14,23-24H,2-10,12-13,15-18H2,1H3,(H,21,25). The monoisotopic (exact) mass is 370 g/mol. The third-order valence-corrected chi connectivity index (χ3v) is 4.24. The number of hydrogen-bond donors (Lipinski definition) is 3. The van der Waals surface area contributed by atoms with Gasteiger partial charge in [0.05, 0.1) is 13.2 Å². The van der Waals surface area contributed by atoms with Crippen molar-refractivity contribution in [2.75, 3.05) is 26.3 Å². The molecule has 0 unspecified atom stereocenters. The Morgan fingerprint density at radius 2 is 1.46 bits per heavy atom. The molecule has 0 aliphatic rings. The molecule has 0 heterocycles. The number of carbonyl (C=O) groups excluding carboxylic acids is 2. The Labute approximate surface area is 158 Å². The highest BCUT2D eigenvalue weighted by atomic mass is 16.3. The number of unbranched alkanes of at least 4 members (excludes halogenated alkanes) is 8. The van der Waals surface area contributed by atoms with Crippen molar-refractivity contribution in [2.24, 2.45) is 0 Å². The molecule has 26 heavy (non-hydrogen) atoms. The van der Waals surface area contributed by atoms with Gasteiger partial charge in [0.2, 0.25) is 11.8 Å². The molecule has 0 aromatic heterocycles. The van der Waals surface area contributed by atoms with Crippen LogP contribution in [0.15, 0.2) is 12.3 Å². The third kappa shape index (κ3) is 14.9. The minimum Gasteiger partial charge on any atom is -0.395 e. The first-order valence-electron chi connectivity index (χ1n) is 10.1. The summed E-state index contributed by atoms with van der Waals surface area (Å²) in [6.45, 7) is 2.28. The number of hydrogen-bond acceptors (Lipinski definition) is 4. The van der Waals surface area contributed by atoms with E-state index in [1.807, 2.05) is 6.08 Å². The molecule has 0 spiro atoms. The van der Waals surface area contributed by atoms with Gasteiger partial charge in [-0.1, -0.05) is 57.9 Å². The van der Waals surface area contributed by atoms with E-state index in [-0.39, 0.29) is 51.0 Å². The maximum atomic E-state index is 11.9. The zero-order valence-corrected chi connectivity index (χ0v) is 16.4. The summed E-state index contributed by atoms with van der Waals surface area (Å²) >= 11 is 0. The molecule has 6 nitrogen and oxygen atoms in total. The van der Waals surface area contributed by atoms with E-state index in [1.165, 1.54) is 49.8 Å². The average molecular weight is 371 g/mol. The van der Waals surface area contributed by atoms with Gasteiger partial charge < -0.3 is 20.4 Å². The highest BCUT2D eigenvalue weighted by molar-refractivity contribution is 5.84. The summed E-state index contributed by atoms with van der Waals surface area (Å²) < 4.78 is 0. The van der Waals surface area contributed by atoms with Crippen molar-refractivity contribution >= 4 is 11.8 Å². The van der Waals surface area contributed by atoms with Gasteiger partial charge in [0.25, 0.3) is 0 Å². The topological polar surface area (TPSA) is 89.9 Å². The highest BCUT2D eigenvalue weighted by Gasteiger charge is 2.13. The largest absolute Gasteiger partial charge is 0.395 e. The summed E-state index contributed by atoms with van der Waals surface area (Å²) in [6, 6.07) is 0. The lowest BCUT2D eigenvalue weighted by atomic mass is 10.1. The molecule has 0 fully saturated rings. The van der Waals surface area contributed by atoms with Crippen molar-refractivity contribution in [3.63, 3.8) is 0 Å². The van der Waals surface area contributed by atoms with E-state index < -0.39 is 0 Å². The summed E-state index contributed by atoms with van der Waals surface area (Å²) in [7, 11) is 0. The Hall–Kier alpha value is -1.40. The molecule has 0 aromatic carbocycles. The Morgan fingerprint density at radius 1 is 0.885 bits per heavy atom. The summed E-state index contributed by atoms with van der Waals surface area (Å²) in [4.78, 5) is 25.0. The highest BCUT2D eigenvalue weighted by Crippen LogP contribution is 2.09. The van der Waals surface area contributed by atoms with Gasteiger partial charge in [-0.05, 0) is 19.0 Å². The predicted octanol–water partition coefficient (Wildman–Crippen LogP) is 2.74. The molecule has 0 aliphatic carbocycles. The fraction of sp³-hybridized carbons (Fsp3) is 0.800. The summed E-state index contributed by atoms with van der Waals surface area (Å²) in [5, 5.41) is 20.5. The molecule has 0 bridgehead atoms. The number of amides is 2. The third-order valence-electron chi connectivity index (χ3n) is 4.24. The van der Waals surface area contributed by atoms with Crippen LogP contribution in [0, 0.1) is 0 Å². The maximum Gasteiger partial charge on any atom is 0.224 e. The SMILES string of the molecule is CCCCCCCCCCC=CNC(=O)CCC(=O)N(CCO)CCO. The summed E-state index contributed by atoms with van der Waals surface area (Å²) in [5.41, 5.74) is 0. The Balaban J connectivity index is 3.66. The van der Waals surface area contributed by atoms with Crippen LogP contribution in [0.25, 0.3) is 0 Å². The fourth-order valence-electron chi connectivity index (χ4n) is 2.68. The van der Waals surface area contributed by atoms with Crippen LogP contribution in [-0.2, 0) is 9.59 Å². The van der Waals surface area contributed by atoms with E-state index in [1.54, 1.807) is 6.20 Å². The number of allylic oxidation sites excluding steroid dienone is 1. The molecule has 152 valence electrons. The van der Waals surface area contributed by atoms with Crippen LogP contribution in [0.5, 0.6) is 0 Å². The van der Waals surface area contributed by atoms with E-state index >= 15 is 0 Å². The lowest BCUT2D eigenvalue weighted by Gasteiger charge is -2.20. The van der Waals surface area contributed by atoms with Crippen molar-refractivity contribution < 1.29 is 19.8 Å². The van der Waals surface area contributed by atoms with Crippen molar-refractivity contribution in [2.45, 2.75) is 77.6 Å². The molecular weight excluding hydrogens is 332 g/mol. The molecule has 2 amide bonds. The van der Waals surface area contributed by atoms with E-state index in [0.29, 0.717) is 0 Å². The Bertz CT molecular complexity index is 380. The second kappa shape index (κ2) is 18.4. The van der Waals surface area contributed by atoms with Crippen LogP contribution in [-0.4, -0.2) is 53.2 Å². The van der Waals surface area contributed by atoms with Gasteiger partial charge in [-0.25, -0.2) is 0 Å². The van der Waals surface area contributed by atoms with Crippen molar-refractivity contribution in [1.82, 2.24) is 10.2 Å². The smallest absolute Gasteiger partial charge is 0.224 e. The first-order valence-corrected chi connectivity index (χ1v) is 10.1. The molecule has 0 radical (unpaired) electrons. The Kier molecular flexibility index (Phi) is 17.4. The molecule has 0 atom stereocenters. The first-order chi connectivity index (χ1) is 12.7. The zero-order chi connectivity index (χ0) is 19.5. The summed E-state index contributed by atoms with van der Waals surface area (Å²) in [6.07, 6.45) is 15.0. The lowest BCUT2D eigenvalue weighted by Crippen LogP contribution is -2.36. The van der Waals surface area contributed by atoms with Crippen LogP contribution >= 0.6 is 0 Å². The maximum absolute atomic E-state index is 11.9. The van der Waals surface area contributed by atoms with Crippen LogP contribution in [0.1, 0.15) is 77.6 Å².